The van der Waals surface area contributed by atoms with Gasteiger partial charge in [-0.1, -0.05) is 0 Å². The molecular formula is C12H13F3N2O4. The molecule has 1 aromatic rings. The Morgan fingerprint density at radius 2 is 1.90 bits per heavy atom. The Morgan fingerprint density at radius 3 is 2.33 bits per heavy atom. The zero-order chi connectivity index (χ0) is 16.4. The number of aromatic carboxylic acids is 1. The summed E-state index contributed by atoms with van der Waals surface area (Å²) >= 11 is 0. The summed E-state index contributed by atoms with van der Waals surface area (Å²) in [6.07, 6.45) is -4.98. The average Bonchev–Trinajstić information content (AvgIpc) is 2.37. The number of carboxylic acid groups (broad SMARTS) is 1. The molecule has 0 aliphatic rings. The van der Waals surface area contributed by atoms with Gasteiger partial charge in [-0.25, -0.2) is 4.79 Å². The van der Waals surface area contributed by atoms with Gasteiger partial charge >= 0.3 is 12.1 Å². The minimum atomic E-state index is -4.98. The van der Waals surface area contributed by atoms with E-state index in [2.05, 4.69) is 0 Å². The van der Waals surface area contributed by atoms with Gasteiger partial charge in [-0.05, 0) is 25.1 Å². The number of nitrogens with one attached hydrogen (secondary N) is 1. The van der Waals surface area contributed by atoms with Crippen LogP contribution in [0.25, 0.3) is 0 Å². The largest absolute Gasteiger partial charge is 0.497 e. The number of halogens is 3. The van der Waals surface area contributed by atoms with E-state index in [4.69, 9.17) is 15.6 Å². The number of carbonyl (C=O) groups excluding carboxylic acids is 1. The van der Waals surface area contributed by atoms with Crippen LogP contribution in [-0.2, 0) is 4.79 Å². The second-order valence-corrected chi connectivity index (χ2v) is 4.37. The van der Waals surface area contributed by atoms with E-state index in [-0.39, 0.29) is 11.4 Å². The molecule has 0 aliphatic heterocycles. The Bertz CT molecular complexity index is 570. The molecule has 0 aliphatic carbocycles. The average molecular weight is 306 g/mol. The first-order valence-electron chi connectivity index (χ1n) is 5.59. The topological polar surface area (TPSA) is 102 Å². The van der Waals surface area contributed by atoms with Crippen LogP contribution in [0.15, 0.2) is 18.2 Å². The van der Waals surface area contributed by atoms with Gasteiger partial charge in [-0.15, -0.1) is 0 Å². The monoisotopic (exact) mass is 306 g/mol. The molecule has 0 saturated heterocycles. The van der Waals surface area contributed by atoms with Gasteiger partial charge in [0.15, 0.2) is 5.54 Å². The van der Waals surface area contributed by atoms with E-state index in [1.54, 1.807) is 0 Å². The lowest BCUT2D eigenvalue weighted by Gasteiger charge is -2.26. The lowest BCUT2D eigenvalue weighted by Crippen LogP contribution is -2.59. The normalized spacial score (nSPS) is 14.2. The molecule has 1 amide bonds. The molecule has 1 atom stereocenters. The van der Waals surface area contributed by atoms with Gasteiger partial charge in [0, 0.05) is 0 Å². The van der Waals surface area contributed by atoms with Gasteiger partial charge in [-0.2, -0.15) is 13.2 Å². The number of hydrogen-bond acceptors (Lipinski definition) is 4. The maximum atomic E-state index is 12.6. The number of hydrogen-bond donors (Lipinski definition) is 3. The fraction of sp³-hybridized carbons (Fsp3) is 0.333. The number of ether oxygens (including phenoxy) is 1. The molecule has 1 rings (SSSR count). The van der Waals surface area contributed by atoms with Gasteiger partial charge < -0.3 is 20.9 Å². The van der Waals surface area contributed by atoms with Gasteiger partial charge in [0.25, 0.3) is 5.91 Å². The maximum absolute atomic E-state index is 12.6. The molecule has 0 heterocycles. The van der Waals surface area contributed by atoms with Crippen LogP contribution >= 0.6 is 0 Å². The summed E-state index contributed by atoms with van der Waals surface area (Å²) in [7, 11) is 1.29. The highest BCUT2D eigenvalue weighted by molar-refractivity contribution is 6.04. The van der Waals surface area contributed by atoms with E-state index in [0.717, 1.165) is 12.1 Å². The Labute approximate surface area is 117 Å². The minimum Gasteiger partial charge on any atom is -0.497 e. The quantitative estimate of drug-likeness (QED) is 0.784. The first-order valence-corrected chi connectivity index (χ1v) is 5.59. The predicted octanol–water partition coefficient (Wildman–Crippen LogP) is 1.61. The molecule has 1 aromatic carbocycles. The van der Waals surface area contributed by atoms with Crippen molar-refractivity contribution in [2.24, 2.45) is 5.73 Å². The maximum Gasteiger partial charge on any atom is 0.415 e. The highest BCUT2D eigenvalue weighted by Gasteiger charge is 2.54. The SMILES string of the molecule is COc1ccc(NC(=O)C(C)(N)C(F)(F)F)c(C(=O)O)c1. The first-order chi connectivity index (χ1) is 9.50. The molecule has 0 saturated carbocycles. The van der Waals surface area contributed by atoms with Crippen LogP contribution in [0.5, 0.6) is 5.75 Å². The van der Waals surface area contributed by atoms with Crippen molar-refractivity contribution in [1.29, 1.82) is 0 Å². The van der Waals surface area contributed by atoms with E-state index < -0.39 is 29.2 Å². The zero-order valence-electron chi connectivity index (χ0n) is 11.1. The number of benzene rings is 1. The van der Waals surface area contributed by atoms with Crippen molar-refractivity contribution in [3.8, 4) is 5.75 Å². The molecule has 0 radical (unpaired) electrons. The van der Waals surface area contributed by atoms with Crippen LogP contribution in [0.1, 0.15) is 17.3 Å². The number of rotatable bonds is 4. The fourth-order valence-corrected chi connectivity index (χ4v) is 1.32. The minimum absolute atomic E-state index is 0.178. The van der Waals surface area contributed by atoms with Crippen LogP contribution in [-0.4, -0.2) is 35.8 Å². The molecule has 9 heteroatoms. The van der Waals surface area contributed by atoms with Crippen molar-refractivity contribution in [3.63, 3.8) is 0 Å². The Morgan fingerprint density at radius 1 is 1.33 bits per heavy atom. The molecule has 6 nitrogen and oxygen atoms in total. The predicted molar refractivity (Wildman–Crippen MR) is 67.2 cm³/mol. The highest BCUT2D eigenvalue weighted by atomic mass is 19.4. The Hall–Kier alpha value is -2.29. The molecule has 0 spiro atoms. The third kappa shape index (κ3) is 3.43. The van der Waals surface area contributed by atoms with Gasteiger partial charge in [0.2, 0.25) is 0 Å². The molecule has 0 fully saturated rings. The van der Waals surface area contributed by atoms with Crippen molar-refractivity contribution in [2.45, 2.75) is 18.6 Å². The number of nitrogens with two attached hydrogens (primary N) is 1. The molecule has 4 N–H and O–H groups in total. The Kier molecular flexibility index (Phi) is 4.47. The van der Waals surface area contributed by atoms with Gasteiger partial charge in [0.1, 0.15) is 5.75 Å². The summed E-state index contributed by atoms with van der Waals surface area (Å²) in [5.41, 5.74) is 1.08. The van der Waals surface area contributed by atoms with E-state index in [1.165, 1.54) is 13.2 Å². The second kappa shape index (κ2) is 5.60. The lowest BCUT2D eigenvalue weighted by molar-refractivity contribution is -0.184. The summed E-state index contributed by atoms with van der Waals surface area (Å²) in [6, 6.07) is 3.48. The summed E-state index contributed by atoms with van der Waals surface area (Å²) in [5.74, 6) is -2.82. The first kappa shape index (κ1) is 16.8. The van der Waals surface area contributed by atoms with Crippen LogP contribution < -0.4 is 15.8 Å². The van der Waals surface area contributed by atoms with E-state index in [0.29, 0.717) is 6.92 Å². The number of anilines is 1. The van der Waals surface area contributed by atoms with Gasteiger partial charge in [0.05, 0.1) is 18.4 Å². The van der Waals surface area contributed by atoms with Crippen molar-refractivity contribution in [2.75, 3.05) is 12.4 Å². The molecule has 21 heavy (non-hydrogen) atoms. The standard InChI is InChI=1S/C12H13F3N2O4/c1-11(16,12(13,14)15)10(20)17-8-4-3-6(21-2)5-7(8)9(18)19/h3-5H,16H2,1-2H3,(H,17,20)(H,18,19). The highest BCUT2D eigenvalue weighted by Crippen LogP contribution is 2.30. The second-order valence-electron chi connectivity index (χ2n) is 4.37. The number of carbonyl (C=O) groups is 2. The fourth-order valence-electron chi connectivity index (χ4n) is 1.32. The number of alkyl halides is 3. The molecule has 1 unspecified atom stereocenters. The van der Waals surface area contributed by atoms with E-state index >= 15 is 0 Å². The smallest absolute Gasteiger partial charge is 0.415 e. The summed E-state index contributed by atoms with van der Waals surface area (Å²) in [5, 5.41) is 10.9. The summed E-state index contributed by atoms with van der Waals surface area (Å²) in [6.45, 7) is 0.492. The third-order valence-electron chi connectivity index (χ3n) is 2.77. The Balaban J connectivity index is 3.14. The summed E-state index contributed by atoms with van der Waals surface area (Å²) in [4.78, 5) is 22.7. The van der Waals surface area contributed by atoms with Crippen LogP contribution in [0.3, 0.4) is 0 Å². The van der Waals surface area contributed by atoms with Crippen molar-refractivity contribution in [1.82, 2.24) is 0 Å². The van der Waals surface area contributed by atoms with Crippen molar-refractivity contribution < 1.29 is 32.6 Å². The third-order valence-corrected chi connectivity index (χ3v) is 2.77. The number of amides is 1. The van der Waals surface area contributed by atoms with Crippen LogP contribution in [0, 0.1) is 0 Å². The molecule has 0 aromatic heterocycles. The van der Waals surface area contributed by atoms with E-state index in [9.17, 15) is 22.8 Å². The van der Waals surface area contributed by atoms with Crippen molar-refractivity contribution in [3.05, 3.63) is 23.8 Å². The van der Waals surface area contributed by atoms with Crippen LogP contribution in [0.2, 0.25) is 0 Å². The van der Waals surface area contributed by atoms with Crippen LogP contribution in [0.4, 0.5) is 18.9 Å². The van der Waals surface area contributed by atoms with Gasteiger partial charge in [-0.3, -0.25) is 4.79 Å². The summed E-state index contributed by atoms with van der Waals surface area (Å²) < 4.78 is 42.7. The molecular weight excluding hydrogens is 293 g/mol. The molecule has 116 valence electrons. The van der Waals surface area contributed by atoms with Crippen molar-refractivity contribution >= 4 is 17.6 Å². The zero-order valence-corrected chi connectivity index (χ0v) is 11.1. The van der Waals surface area contributed by atoms with E-state index in [1.807, 2.05) is 5.32 Å². The number of carboxylic acids is 1. The lowest BCUT2D eigenvalue weighted by atomic mass is 10.0. The number of methoxy groups -OCH3 is 1. The molecule has 0 bridgehead atoms.